The zero-order valence-corrected chi connectivity index (χ0v) is 8.34. The van der Waals surface area contributed by atoms with Gasteiger partial charge in [-0.2, -0.15) is 0 Å². The highest BCUT2D eigenvalue weighted by Crippen LogP contribution is 2.17. The van der Waals surface area contributed by atoms with Crippen molar-refractivity contribution in [3.63, 3.8) is 0 Å². The van der Waals surface area contributed by atoms with Gasteiger partial charge in [-0.1, -0.05) is 35.5 Å². The van der Waals surface area contributed by atoms with Crippen LogP contribution in [0.25, 0.3) is 0 Å². The second-order valence-corrected chi connectivity index (χ2v) is 3.25. The average Bonchev–Trinajstić information content (AvgIpc) is 2.67. The number of carbonyl (C=O) groups excluding carboxylic acids is 1. The predicted molar refractivity (Wildman–Crippen MR) is 54.2 cm³/mol. The van der Waals surface area contributed by atoms with Crippen molar-refractivity contribution in [2.24, 2.45) is 5.16 Å². The van der Waals surface area contributed by atoms with Gasteiger partial charge in [0, 0.05) is 6.92 Å². The van der Waals surface area contributed by atoms with Gasteiger partial charge in [0.25, 0.3) is 6.29 Å². The zero-order chi connectivity index (χ0) is 10.7. The Hall–Kier alpha value is -1.84. The summed E-state index contributed by atoms with van der Waals surface area (Å²) in [6.07, 6.45) is -0.0680. The highest BCUT2D eigenvalue weighted by Gasteiger charge is 2.23. The van der Waals surface area contributed by atoms with Crippen LogP contribution in [0.2, 0.25) is 0 Å². The highest BCUT2D eigenvalue weighted by molar-refractivity contribution is 6.01. The van der Waals surface area contributed by atoms with Gasteiger partial charge in [0.05, 0.1) is 12.1 Å². The van der Waals surface area contributed by atoms with Gasteiger partial charge in [0.2, 0.25) is 0 Å². The molecule has 0 aliphatic carbocycles. The molecule has 4 nitrogen and oxygen atoms in total. The van der Waals surface area contributed by atoms with Crippen LogP contribution in [0.3, 0.4) is 0 Å². The van der Waals surface area contributed by atoms with Gasteiger partial charge in [-0.25, -0.2) is 0 Å². The molecule has 1 aromatic rings. The second kappa shape index (κ2) is 4.13. The van der Waals surface area contributed by atoms with Gasteiger partial charge < -0.3 is 9.57 Å². The molecule has 1 aliphatic heterocycles. The Morgan fingerprint density at radius 2 is 2.20 bits per heavy atom. The van der Waals surface area contributed by atoms with E-state index >= 15 is 0 Å². The fourth-order valence-corrected chi connectivity index (χ4v) is 1.40. The van der Waals surface area contributed by atoms with E-state index < -0.39 is 6.29 Å². The van der Waals surface area contributed by atoms with Gasteiger partial charge in [-0.15, -0.1) is 0 Å². The van der Waals surface area contributed by atoms with Gasteiger partial charge in [0.1, 0.15) is 0 Å². The molecule has 1 atom stereocenters. The summed E-state index contributed by atoms with van der Waals surface area (Å²) in [7, 11) is 0. The molecule has 0 bridgehead atoms. The summed E-state index contributed by atoms with van der Waals surface area (Å²) in [4.78, 5) is 15.7. The minimum atomic E-state index is -0.572. The number of hydrogen-bond donors (Lipinski definition) is 0. The summed E-state index contributed by atoms with van der Waals surface area (Å²) in [5.41, 5.74) is 1.80. The third kappa shape index (κ3) is 2.34. The van der Waals surface area contributed by atoms with E-state index in [0.29, 0.717) is 6.42 Å². The number of benzene rings is 1. The summed E-state index contributed by atoms with van der Waals surface area (Å²) >= 11 is 0. The average molecular weight is 205 g/mol. The molecule has 0 N–H and O–H groups in total. The normalized spacial score (nSPS) is 19.3. The number of carbonyl (C=O) groups is 1. The summed E-state index contributed by atoms with van der Waals surface area (Å²) < 4.78 is 4.89. The lowest BCUT2D eigenvalue weighted by molar-refractivity contribution is -0.170. The lowest BCUT2D eigenvalue weighted by Crippen LogP contribution is -2.16. The number of nitrogens with zero attached hydrogens (tertiary/aromatic N) is 1. The maximum Gasteiger partial charge on any atom is 0.305 e. The standard InChI is InChI=1S/C11H11NO3/c1-8(13)14-11-7-10(12-15-11)9-5-3-2-4-6-9/h2-6,11H,7H2,1H3/t11-/m0/s1. The minimum Gasteiger partial charge on any atom is -0.423 e. The molecule has 0 amide bonds. The smallest absolute Gasteiger partial charge is 0.305 e. The second-order valence-electron chi connectivity index (χ2n) is 3.25. The van der Waals surface area contributed by atoms with Crippen molar-refractivity contribution in [2.75, 3.05) is 0 Å². The molecule has 0 radical (unpaired) electrons. The lowest BCUT2D eigenvalue weighted by Gasteiger charge is -2.06. The Kier molecular flexibility index (Phi) is 2.67. The molecule has 15 heavy (non-hydrogen) atoms. The minimum absolute atomic E-state index is 0.357. The molecule has 0 saturated carbocycles. The van der Waals surface area contributed by atoms with E-state index in [4.69, 9.17) is 9.57 Å². The van der Waals surface area contributed by atoms with E-state index in [1.165, 1.54) is 6.92 Å². The van der Waals surface area contributed by atoms with E-state index in [9.17, 15) is 4.79 Å². The number of ether oxygens (including phenoxy) is 1. The van der Waals surface area contributed by atoms with Crippen molar-refractivity contribution in [3.05, 3.63) is 35.9 Å². The van der Waals surface area contributed by atoms with Gasteiger partial charge >= 0.3 is 5.97 Å². The van der Waals surface area contributed by atoms with Crippen LogP contribution in [0.1, 0.15) is 18.9 Å². The van der Waals surface area contributed by atoms with E-state index in [-0.39, 0.29) is 5.97 Å². The number of hydrogen-bond acceptors (Lipinski definition) is 4. The molecule has 0 fully saturated rings. The monoisotopic (exact) mass is 205 g/mol. The van der Waals surface area contributed by atoms with Gasteiger partial charge in [-0.3, -0.25) is 4.79 Å². The van der Waals surface area contributed by atoms with Crippen LogP contribution in [0.15, 0.2) is 35.5 Å². The Balaban J connectivity index is 2.01. The van der Waals surface area contributed by atoms with Crippen molar-refractivity contribution in [2.45, 2.75) is 19.6 Å². The van der Waals surface area contributed by atoms with Crippen molar-refractivity contribution < 1.29 is 14.4 Å². The largest absolute Gasteiger partial charge is 0.423 e. The Morgan fingerprint density at radius 3 is 2.87 bits per heavy atom. The zero-order valence-electron chi connectivity index (χ0n) is 8.34. The summed E-state index contributed by atoms with van der Waals surface area (Å²) in [6, 6.07) is 9.67. The van der Waals surface area contributed by atoms with E-state index in [1.54, 1.807) is 0 Å². The molecule has 2 rings (SSSR count). The summed E-state index contributed by atoms with van der Waals surface area (Å²) in [5, 5.41) is 3.88. The Morgan fingerprint density at radius 1 is 1.47 bits per heavy atom. The van der Waals surface area contributed by atoms with Crippen LogP contribution in [-0.2, 0) is 14.4 Å². The van der Waals surface area contributed by atoms with Crippen LogP contribution >= 0.6 is 0 Å². The molecule has 0 aromatic heterocycles. The summed E-state index contributed by atoms with van der Waals surface area (Å²) in [5.74, 6) is -0.357. The molecule has 4 heteroatoms. The first-order chi connectivity index (χ1) is 7.25. The van der Waals surface area contributed by atoms with Gasteiger partial charge in [-0.05, 0) is 5.56 Å². The molecular weight excluding hydrogens is 194 g/mol. The Labute approximate surface area is 87.5 Å². The maximum atomic E-state index is 10.7. The van der Waals surface area contributed by atoms with Crippen molar-refractivity contribution in [3.8, 4) is 0 Å². The first-order valence-corrected chi connectivity index (χ1v) is 4.71. The fraction of sp³-hybridized carbons (Fsp3) is 0.273. The van der Waals surface area contributed by atoms with Crippen LogP contribution < -0.4 is 0 Å². The van der Waals surface area contributed by atoms with Crippen molar-refractivity contribution >= 4 is 11.7 Å². The quantitative estimate of drug-likeness (QED) is 0.690. The molecule has 1 aromatic carbocycles. The molecule has 78 valence electrons. The molecule has 1 aliphatic rings. The molecule has 1 heterocycles. The predicted octanol–water partition coefficient (Wildman–Crippen LogP) is 1.70. The van der Waals surface area contributed by atoms with Crippen molar-refractivity contribution in [1.82, 2.24) is 0 Å². The maximum absolute atomic E-state index is 10.7. The van der Waals surface area contributed by atoms with Crippen LogP contribution in [0.5, 0.6) is 0 Å². The summed E-state index contributed by atoms with van der Waals surface area (Å²) in [6.45, 7) is 1.35. The Bertz CT molecular complexity index is 386. The molecular formula is C11H11NO3. The lowest BCUT2D eigenvalue weighted by atomic mass is 10.1. The molecule has 0 spiro atoms. The van der Waals surface area contributed by atoms with E-state index in [1.807, 2.05) is 30.3 Å². The van der Waals surface area contributed by atoms with Crippen LogP contribution in [0, 0.1) is 0 Å². The SMILES string of the molecule is CC(=O)O[C@@H]1CC(c2ccccc2)=NO1. The molecule has 0 unspecified atom stereocenters. The third-order valence-corrected chi connectivity index (χ3v) is 2.04. The number of rotatable bonds is 2. The van der Waals surface area contributed by atoms with Crippen LogP contribution in [0.4, 0.5) is 0 Å². The van der Waals surface area contributed by atoms with E-state index in [2.05, 4.69) is 5.16 Å². The first-order valence-electron chi connectivity index (χ1n) is 4.71. The van der Waals surface area contributed by atoms with E-state index in [0.717, 1.165) is 11.3 Å². The number of esters is 1. The fourth-order valence-electron chi connectivity index (χ4n) is 1.40. The third-order valence-electron chi connectivity index (χ3n) is 2.04. The van der Waals surface area contributed by atoms with Crippen LogP contribution in [-0.4, -0.2) is 18.0 Å². The highest BCUT2D eigenvalue weighted by atomic mass is 16.8. The van der Waals surface area contributed by atoms with Crippen molar-refractivity contribution in [1.29, 1.82) is 0 Å². The molecule has 0 saturated heterocycles. The first kappa shape index (κ1) is 9.71. The van der Waals surface area contributed by atoms with Gasteiger partial charge in [0.15, 0.2) is 0 Å². The topological polar surface area (TPSA) is 47.9 Å². The number of oxime groups is 1.